The number of fused-ring (bicyclic) bond motifs is 3. The Bertz CT molecular complexity index is 777. The summed E-state index contributed by atoms with van der Waals surface area (Å²) in [5.74, 6) is 2.73. The molecule has 5 rings (SSSR count). The van der Waals surface area contributed by atoms with Crippen LogP contribution in [0.3, 0.4) is 0 Å². The summed E-state index contributed by atoms with van der Waals surface area (Å²) >= 11 is 0. The van der Waals surface area contributed by atoms with E-state index in [0.717, 1.165) is 24.6 Å². The number of aliphatic imine (C=N–C) groups is 1. The van der Waals surface area contributed by atoms with Gasteiger partial charge >= 0.3 is 0 Å². The Morgan fingerprint density at radius 3 is 2.69 bits per heavy atom. The Kier molecular flexibility index (Phi) is 4.28. The summed E-state index contributed by atoms with van der Waals surface area (Å²) in [6.45, 7) is 1.83. The molecule has 0 bridgehead atoms. The predicted octanol–water partition coefficient (Wildman–Crippen LogP) is 3.22. The van der Waals surface area contributed by atoms with Gasteiger partial charge in [0.25, 0.3) is 0 Å². The lowest BCUT2D eigenvalue weighted by Gasteiger charge is -2.42. The maximum atomic E-state index is 5.08. The lowest BCUT2D eigenvalue weighted by molar-refractivity contribution is 0.129. The number of benzene rings is 1. The number of rotatable bonds is 3. The van der Waals surface area contributed by atoms with Gasteiger partial charge in [0.2, 0.25) is 0 Å². The number of hydrogen-bond donors (Lipinski definition) is 0. The van der Waals surface area contributed by atoms with Gasteiger partial charge in [-0.15, -0.1) is 5.10 Å². The predicted molar refractivity (Wildman–Crippen MR) is 99.8 cm³/mol. The molecule has 0 radical (unpaired) electrons. The Morgan fingerprint density at radius 2 is 1.85 bits per heavy atom. The van der Waals surface area contributed by atoms with Crippen LogP contribution in [0, 0.1) is 5.92 Å². The average Bonchev–Trinajstić information content (AvgIpc) is 3.36. The zero-order chi connectivity index (χ0) is 17.3. The van der Waals surface area contributed by atoms with E-state index >= 15 is 0 Å². The molecule has 2 aromatic rings. The van der Waals surface area contributed by atoms with Gasteiger partial charge in [-0.3, -0.25) is 9.89 Å². The van der Waals surface area contributed by atoms with Crippen molar-refractivity contribution < 1.29 is 0 Å². The molecule has 1 aromatic heterocycles. The third-order valence-corrected chi connectivity index (χ3v) is 6.29. The molecule has 0 amide bonds. The van der Waals surface area contributed by atoms with Crippen LogP contribution < -0.4 is 0 Å². The topological polar surface area (TPSA) is 59.2 Å². The highest BCUT2D eigenvalue weighted by Gasteiger charge is 2.46. The smallest absolute Gasteiger partial charge is 0.175 e. The van der Waals surface area contributed by atoms with Crippen LogP contribution in [0.15, 0.2) is 35.3 Å². The molecule has 0 N–H and O–H groups in total. The summed E-state index contributed by atoms with van der Waals surface area (Å²) in [5.41, 5.74) is 1.24. The third-order valence-electron chi connectivity index (χ3n) is 6.29. The second kappa shape index (κ2) is 6.91. The summed E-state index contributed by atoms with van der Waals surface area (Å²) in [6.07, 6.45) is 9.05. The molecule has 1 aromatic carbocycles. The van der Waals surface area contributed by atoms with Crippen LogP contribution in [0.4, 0.5) is 0 Å². The van der Waals surface area contributed by atoms with Crippen molar-refractivity contribution in [1.82, 2.24) is 25.1 Å². The van der Waals surface area contributed by atoms with Crippen molar-refractivity contribution in [2.75, 3.05) is 6.54 Å². The van der Waals surface area contributed by atoms with E-state index in [1.54, 1.807) is 0 Å². The lowest BCUT2D eigenvalue weighted by Crippen LogP contribution is -2.53. The van der Waals surface area contributed by atoms with E-state index in [-0.39, 0.29) is 0 Å². The molecule has 26 heavy (non-hydrogen) atoms. The van der Waals surface area contributed by atoms with Crippen molar-refractivity contribution in [3.8, 4) is 0 Å². The fourth-order valence-electron chi connectivity index (χ4n) is 5.09. The first-order chi connectivity index (χ1) is 12.9. The zero-order valence-electron chi connectivity index (χ0n) is 15.2. The minimum absolute atomic E-state index is 0.363. The minimum Gasteiger partial charge on any atom is -0.283 e. The highest BCUT2D eigenvalue weighted by Crippen LogP contribution is 2.41. The highest BCUT2D eigenvalue weighted by molar-refractivity contribution is 5.90. The van der Waals surface area contributed by atoms with Gasteiger partial charge in [0.05, 0.1) is 18.6 Å². The fraction of sp³-hybridized carbons (Fsp3) is 0.600. The summed E-state index contributed by atoms with van der Waals surface area (Å²) < 4.78 is 1.97. The van der Waals surface area contributed by atoms with Gasteiger partial charge in [-0.25, -0.2) is 0 Å². The molecule has 3 aliphatic rings. The molecular weight excluding hydrogens is 324 g/mol. The first-order valence-corrected chi connectivity index (χ1v) is 10.0. The number of tetrazole rings is 1. The number of hydrogen-bond acceptors (Lipinski definition) is 5. The Labute approximate surface area is 154 Å². The minimum atomic E-state index is 0.363. The number of nitrogens with zero attached hydrogens (tertiary/aromatic N) is 6. The van der Waals surface area contributed by atoms with Crippen LogP contribution in [0.5, 0.6) is 0 Å². The first-order valence-electron chi connectivity index (χ1n) is 10.0. The first kappa shape index (κ1) is 16.1. The van der Waals surface area contributed by atoms with Crippen LogP contribution in [-0.4, -0.2) is 43.5 Å². The molecule has 2 fully saturated rings. The van der Waals surface area contributed by atoms with Crippen LogP contribution in [0.25, 0.3) is 0 Å². The lowest BCUT2D eigenvalue weighted by atomic mass is 9.81. The molecule has 3 heterocycles. The molecule has 2 aliphatic heterocycles. The average molecular weight is 350 g/mol. The third kappa shape index (κ3) is 2.76. The van der Waals surface area contributed by atoms with Crippen molar-refractivity contribution >= 4 is 5.84 Å². The quantitative estimate of drug-likeness (QED) is 0.853. The van der Waals surface area contributed by atoms with Gasteiger partial charge < -0.3 is 0 Å². The van der Waals surface area contributed by atoms with Crippen LogP contribution in [0.1, 0.15) is 62.4 Å². The van der Waals surface area contributed by atoms with Gasteiger partial charge in [-0.05, 0) is 54.1 Å². The van der Waals surface area contributed by atoms with E-state index in [9.17, 15) is 0 Å². The van der Waals surface area contributed by atoms with Gasteiger partial charge in [0, 0.05) is 0 Å². The van der Waals surface area contributed by atoms with E-state index in [2.05, 4.69) is 50.8 Å². The maximum Gasteiger partial charge on any atom is 0.175 e. The Balaban J connectivity index is 1.55. The SMILES string of the molecule is c1ccc(CN=C2[C@@H](C3CCCCC3)N3CCC[C@H]3c3nnnn32)cc1. The Hall–Kier alpha value is -2.08. The Morgan fingerprint density at radius 1 is 1.00 bits per heavy atom. The van der Waals surface area contributed by atoms with Crippen molar-refractivity contribution in [3.63, 3.8) is 0 Å². The van der Waals surface area contributed by atoms with Crippen molar-refractivity contribution in [2.45, 2.75) is 63.6 Å². The van der Waals surface area contributed by atoms with Gasteiger partial charge in [-0.1, -0.05) is 49.6 Å². The van der Waals surface area contributed by atoms with E-state index in [4.69, 9.17) is 4.99 Å². The van der Waals surface area contributed by atoms with Crippen LogP contribution >= 0.6 is 0 Å². The molecule has 6 heteroatoms. The normalized spacial score (nSPS) is 28.2. The molecule has 2 atom stereocenters. The van der Waals surface area contributed by atoms with Crippen LogP contribution in [-0.2, 0) is 6.54 Å². The molecule has 136 valence electrons. The van der Waals surface area contributed by atoms with Crippen molar-refractivity contribution in [3.05, 3.63) is 41.7 Å². The number of aromatic nitrogens is 4. The van der Waals surface area contributed by atoms with Crippen LogP contribution in [0.2, 0.25) is 0 Å². The van der Waals surface area contributed by atoms with Gasteiger partial charge in [0.1, 0.15) is 5.84 Å². The van der Waals surface area contributed by atoms with Gasteiger partial charge in [-0.2, -0.15) is 4.68 Å². The summed E-state index contributed by atoms with van der Waals surface area (Å²) in [5, 5.41) is 12.7. The van der Waals surface area contributed by atoms with Crippen molar-refractivity contribution in [1.29, 1.82) is 0 Å². The standard InChI is InChI=1S/C20H26N6/c1-3-8-15(9-4-1)14-21-20-18(16-10-5-2-6-11-16)25-13-7-12-17(25)19-22-23-24-26(19)20/h1,3-4,8-9,16-18H,2,5-7,10-14H2/t17-,18+/m0/s1. The second-order valence-corrected chi connectivity index (χ2v) is 7.85. The van der Waals surface area contributed by atoms with E-state index in [1.165, 1.54) is 44.1 Å². The summed E-state index contributed by atoms with van der Waals surface area (Å²) in [7, 11) is 0. The monoisotopic (exact) mass is 350 g/mol. The highest BCUT2D eigenvalue weighted by atomic mass is 15.6. The van der Waals surface area contributed by atoms with E-state index in [1.807, 2.05) is 4.68 Å². The molecule has 1 aliphatic carbocycles. The molecular formula is C20H26N6. The van der Waals surface area contributed by atoms with Gasteiger partial charge in [0.15, 0.2) is 5.82 Å². The van der Waals surface area contributed by atoms with E-state index < -0.39 is 0 Å². The second-order valence-electron chi connectivity index (χ2n) is 7.85. The zero-order valence-corrected chi connectivity index (χ0v) is 15.2. The van der Waals surface area contributed by atoms with Crippen molar-refractivity contribution in [2.24, 2.45) is 10.9 Å². The molecule has 0 unspecified atom stereocenters. The molecule has 0 spiro atoms. The molecule has 6 nitrogen and oxygen atoms in total. The maximum absolute atomic E-state index is 5.08. The van der Waals surface area contributed by atoms with E-state index in [0.29, 0.717) is 24.5 Å². The summed E-state index contributed by atoms with van der Waals surface area (Å²) in [4.78, 5) is 7.74. The fourth-order valence-corrected chi connectivity index (χ4v) is 5.09. The largest absolute Gasteiger partial charge is 0.283 e. The summed E-state index contributed by atoms with van der Waals surface area (Å²) in [6, 6.07) is 11.2. The molecule has 1 saturated carbocycles. The molecule has 1 saturated heterocycles.